The molecule has 0 bridgehead atoms. The van der Waals surface area contributed by atoms with Crippen LogP contribution in [0.3, 0.4) is 0 Å². The molecule has 1 rings (SSSR count). The molecule has 8 nitrogen and oxygen atoms in total. The number of aliphatic hydroxyl groups is 2. The molecule has 0 aliphatic carbocycles. The highest BCUT2D eigenvalue weighted by Crippen LogP contribution is 1.96. The van der Waals surface area contributed by atoms with Crippen molar-refractivity contribution < 1.29 is 35.1 Å². The molecule has 1 aromatic heterocycles. The van der Waals surface area contributed by atoms with E-state index in [2.05, 4.69) is 4.98 Å². The van der Waals surface area contributed by atoms with Crippen molar-refractivity contribution in [1.29, 1.82) is 0 Å². The monoisotopic (exact) mass is 245 g/mol. The van der Waals surface area contributed by atoms with Crippen LogP contribution in [0.4, 0.5) is 0 Å². The molecule has 5 N–H and O–H groups in total. The van der Waals surface area contributed by atoms with Gasteiger partial charge >= 0.3 is 11.9 Å². The third kappa shape index (κ3) is 6.07. The number of carboxylic acid groups (broad SMARTS) is 2. The van der Waals surface area contributed by atoms with Crippen molar-refractivity contribution in [2.45, 2.75) is 12.2 Å². The van der Waals surface area contributed by atoms with Crippen molar-refractivity contribution in [3.8, 4) is 5.88 Å². The second kappa shape index (κ2) is 7.14. The van der Waals surface area contributed by atoms with E-state index in [4.69, 9.17) is 25.5 Å². The van der Waals surface area contributed by atoms with Crippen LogP contribution in [0, 0.1) is 0 Å². The van der Waals surface area contributed by atoms with Crippen LogP contribution in [-0.2, 0) is 9.59 Å². The summed E-state index contributed by atoms with van der Waals surface area (Å²) in [6.07, 6.45) is -3.00. The Morgan fingerprint density at radius 1 is 1.06 bits per heavy atom. The van der Waals surface area contributed by atoms with E-state index in [9.17, 15) is 9.59 Å². The zero-order valence-electron chi connectivity index (χ0n) is 8.46. The number of hydrogen-bond donors (Lipinski definition) is 5. The van der Waals surface area contributed by atoms with Crippen LogP contribution in [0.15, 0.2) is 24.4 Å². The second-order valence-electron chi connectivity index (χ2n) is 2.75. The number of carbonyl (C=O) groups is 2. The van der Waals surface area contributed by atoms with Gasteiger partial charge in [0.25, 0.3) is 0 Å². The Morgan fingerprint density at radius 2 is 1.53 bits per heavy atom. The predicted octanol–water partition coefficient (Wildman–Crippen LogP) is -1.34. The number of hydrogen-bond acceptors (Lipinski definition) is 6. The lowest BCUT2D eigenvalue weighted by Gasteiger charge is -2.07. The lowest BCUT2D eigenvalue weighted by atomic mass is 10.2. The summed E-state index contributed by atoms with van der Waals surface area (Å²) in [5, 5.41) is 41.0. The summed E-state index contributed by atoms with van der Waals surface area (Å²) in [6.45, 7) is 0. The molecule has 2 unspecified atom stereocenters. The summed E-state index contributed by atoms with van der Waals surface area (Å²) in [5.74, 6) is -3.47. The molecular weight excluding hydrogens is 234 g/mol. The quantitative estimate of drug-likeness (QED) is 0.439. The first-order valence-electron chi connectivity index (χ1n) is 4.28. The van der Waals surface area contributed by atoms with E-state index in [0.717, 1.165) is 0 Å². The molecule has 0 saturated carbocycles. The summed E-state index contributed by atoms with van der Waals surface area (Å²) < 4.78 is 0. The van der Waals surface area contributed by atoms with Gasteiger partial charge in [0.1, 0.15) is 0 Å². The highest BCUT2D eigenvalue weighted by molar-refractivity contribution is 5.83. The fourth-order valence-electron chi connectivity index (χ4n) is 0.624. The topological polar surface area (TPSA) is 148 Å². The Kier molecular flexibility index (Phi) is 6.22. The minimum Gasteiger partial charge on any atom is -0.493 e. The summed E-state index contributed by atoms with van der Waals surface area (Å²) in [6, 6.07) is 5.00. The maximum atomic E-state index is 9.77. The highest BCUT2D eigenvalue weighted by Gasteiger charge is 2.29. The normalized spacial score (nSPS) is 12.8. The van der Waals surface area contributed by atoms with Gasteiger partial charge in [0.2, 0.25) is 5.88 Å². The predicted molar refractivity (Wildman–Crippen MR) is 53.2 cm³/mol. The van der Waals surface area contributed by atoms with E-state index in [1.54, 1.807) is 12.1 Å². The summed E-state index contributed by atoms with van der Waals surface area (Å²) in [4.78, 5) is 23.1. The van der Waals surface area contributed by atoms with Gasteiger partial charge in [-0.25, -0.2) is 14.6 Å². The maximum Gasteiger partial charge on any atom is 0.335 e. The molecule has 1 aromatic rings. The lowest BCUT2D eigenvalue weighted by molar-refractivity contribution is -0.165. The second-order valence-corrected chi connectivity index (χ2v) is 2.75. The van der Waals surface area contributed by atoms with Crippen molar-refractivity contribution >= 4 is 11.9 Å². The van der Waals surface area contributed by atoms with E-state index in [1.807, 2.05) is 0 Å². The zero-order chi connectivity index (χ0) is 13.4. The highest BCUT2D eigenvalue weighted by atomic mass is 16.4. The Hall–Kier alpha value is -2.19. The number of aromatic hydroxyl groups is 1. The number of pyridine rings is 1. The summed E-state index contributed by atoms with van der Waals surface area (Å²) in [5.41, 5.74) is 0. The molecule has 0 spiro atoms. The third-order valence-electron chi connectivity index (χ3n) is 1.45. The van der Waals surface area contributed by atoms with Crippen LogP contribution >= 0.6 is 0 Å². The van der Waals surface area contributed by atoms with Crippen LogP contribution in [-0.4, -0.2) is 54.7 Å². The maximum absolute atomic E-state index is 9.77. The van der Waals surface area contributed by atoms with Crippen LogP contribution in [0.5, 0.6) is 5.88 Å². The first-order chi connectivity index (χ1) is 7.86. The molecule has 0 aliphatic rings. The summed E-state index contributed by atoms with van der Waals surface area (Å²) in [7, 11) is 0. The molecule has 0 fully saturated rings. The van der Waals surface area contributed by atoms with Gasteiger partial charge in [-0.1, -0.05) is 6.07 Å². The van der Waals surface area contributed by atoms with Crippen LogP contribution in [0.25, 0.3) is 0 Å². The molecule has 0 saturated heterocycles. The van der Waals surface area contributed by atoms with Gasteiger partial charge in [-0.3, -0.25) is 0 Å². The van der Waals surface area contributed by atoms with Crippen LogP contribution in [0.2, 0.25) is 0 Å². The van der Waals surface area contributed by atoms with E-state index in [-0.39, 0.29) is 5.88 Å². The SMILES string of the molecule is O=C(O)C(O)C(O)C(=O)O.Oc1ccccn1. The largest absolute Gasteiger partial charge is 0.493 e. The van der Waals surface area contributed by atoms with Crippen molar-refractivity contribution in [2.24, 2.45) is 0 Å². The van der Waals surface area contributed by atoms with Crippen molar-refractivity contribution in [1.82, 2.24) is 4.98 Å². The number of aliphatic carboxylic acids is 2. The standard InChI is InChI=1S/C5H5NO.C4H6O6/c7-5-3-1-2-4-6-5;5-1(3(7)8)2(6)4(9)10/h1-4H,(H,6,7);1-2,5-6H,(H,7,8)(H,9,10). The molecule has 0 amide bonds. The lowest BCUT2D eigenvalue weighted by Crippen LogP contribution is -2.39. The third-order valence-corrected chi connectivity index (χ3v) is 1.45. The van der Waals surface area contributed by atoms with Gasteiger partial charge in [0.15, 0.2) is 12.2 Å². The molecule has 0 aliphatic heterocycles. The van der Waals surface area contributed by atoms with Gasteiger partial charge in [0, 0.05) is 12.3 Å². The fraction of sp³-hybridized carbons (Fsp3) is 0.222. The molecule has 17 heavy (non-hydrogen) atoms. The number of aliphatic hydroxyl groups excluding tert-OH is 2. The molecule has 1 heterocycles. The van der Waals surface area contributed by atoms with Crippen molar-refractivity contribution in [3.63, 3.8) is 0 Å². The van der Waals surface area contributed by atoms with Crippen LogP contribution < -0.4 is 0 Å². The van der Waals surface area contributed by atoms with Crippen molar-refractivity contribution in [2.75, 3.05) is 0 Å². The molecule has 8 heteroatoms. The van der Waals surface area contributed by atoms with E-state index in [1.165, 1.54) is 12.3 Å². The Balaban J connectivity index is 0.000000318. The Labute approximate surface area is 95.4 Å². The van der Waals surface area contributed by atoms with E-state index < -0.39 is 24.1 Å². The molecule has 94 valence electrons. The average molecular weight is 245 g/mol. The van der Waals surface area contributed by atoms with Gasteiger partial charge in [-0.15, -0.1) is 0 Å². The molecule has 2 atom stereocenters. The van der Waals surface area contributed by atoms with Gasteiger partial charge in [-0.2, -0.15) is 0 Å². The summed E-state index contributed by atoms with van der Waals surface area (Å²) >= 11 is 0. The number of carboxylic acids is 2. The minimum absolute atomic E-state index is 0.0718. The van der Waals surface area contributed by atoms with E-state index >= 15 is 0 Å². The first-order valence-corrected chi connectivity index (χ1v) is 4.28. The van der Waals surface area contributed by atoms with Gasteiger partial charge < -0.3 is 25.5 Å². The smallest absolute Gasteiger partial charge is 0.335 e. The Morgan fingerprint density at radius 3 is 1.71 bits per heavy atom. The molecule has 0 radical (unpaired) electrons. The zero-order valence-corrected chi connectivity index (χ0v) is 8.46. The van der Waals surface area contributed by atoms with E-state index in [0.29, 0.717) is 0 Å². The first kappa shape index (κ1) is 14.8. The Bertz CT molecular complexity index is 349. The van der Waals surface area contributed by atoms with Crippen molar-refractivity contribution in [3.05, 3.63) is 24.4 Å². The number of aromatic nitrogens is 1. The molecular formula is C9H11NO7. The minimum atomic E-state index is -2.27. The average Bonchev–Trinajstić information content (AvgIpc) is 2.28. The molecule has 0 aromatic carbocycles. The fourth-order valence-corrected chi connectivity index (χ4v) is 0.624. The van der Waals surface area contributed by atoms with Gasteiger partial charge in [-0.05, 0) is 6.07 Å². The van der Waals surface area contributed by atoms with Gasteiger partial charge in [0.05, 0.1) is 0 Å². The number of nitrogens with zero attached hydrogens (tertiary/aromatic N) is 1. The number of rotatable bonds is 3. The van der Waals surface area contributed by atoms with Crippen LogP contribution in [0.1, 0.15) is 0 Å².